The molecule has 0 atom stereocenters. The van der Waals surface area contributed by atoms with Gasteiger partial charge in [-0.05, 0) is 0 Å². The van der Waals surface area contributed by atoms with Crippen LogP contribution >= 0.6 is 13.7 Å². The van der Waals surface area contributed by atoms with E-state index in [0.717, 1.165) is 11.1 Å². The number of ether oxygens (including phenoxy) is 2. The van der Waals surface area contributed by atoms with Gasteiger partial charge in [0.25, 0.3) is 0 Å². The van der Waals surface area contributed by atoms with Crippen LogP contribution in [0.1, 0.15) is 31.8 Å². The third kappa shape index (κ3) is 8.70. The molecule has 0 unspecified atom stereocenters. The number of carbonyl (C=O) groups is 2. The first-order valence-corrected chi connectivity index (χ1v) is 29.8. The van der Waals surface area contributed by atoms with Gasteiger partial charge in [-0.2, -0.15) is 0 Å². The van der Waals surface area contributed by atoms with Crippen LogP contribution in [0, 0.1) is 13.8 Å². The minimum atomic E-state index is -5.25. The Labute approximate surface area is 410 Å². The molecule has 8 aromatic carbocycles. The molecular weight excluding hydrogens is 959 g/mol. The molecule has 0 aliphatic carbocycles. The minimum absolute atomic E-state index is 0.106. The van der Waals surface area contributed by atoms with Crippen LogP contribution in [0.4, 0.5) is 0 Å². The van der Waals surface area contributed by atoms with E-state index in [2.05, 4.69) is 0 Å². The van der Waals surface area contributed by atoms with E-state index in [1.54, 1.807) is 72.8 Å². The monoisotopic (exact) mass is 1010 g/mol. The molecule has 70 heavy (non-hydrogen) atoms. The van der Waals surface area contributed by atoms with Crippen molar-refractivity contribution in [3.05, 3.63) is 241 Å². The summed E-state index contributed by atoms with van der Waals surface area (Å²) < 4.78 is 87.7. The zero-order chi connectivity index (χ0) is 49.7. The van der Waals surface area contributed by atoms with Gasteiger partial charge >= 0.3 is 412 Å². The SMILES string of the molecule is COC(=O)c1ccc(P(CCP(OS(=O)(=O)c2ccc(C)cc2)(c2ccccc2)(c2ccccc2)c2ccc(C(=O)OC)cc2)(OS(=O)(=O)c2ccc(C)cc2)(c2ccccc2)c2ccccc2)cc1. The van der Waals surface area contributed by atoms with Gasteiger partial charge in [-0.25, -0.2) is 0 Å². The normalized spacial score (nSPS) is 13.2. The molecule has 0 spiro atoms. The quantitative estimate of drug-likeness (QED) is 0.0642. The fourth-order valence-corrected chi connectivity index (χ4v) is 28.3. The van der Waals surface area contributed by atoms with Gasteiger partial charge in [-0.15, -0.1) is 0 Å². The average Bonchev–Trinajstić information content (AvgIpc) is 3.40. The van der Waals surface area contributed by atoms with Crippen molar-refractivity contribution in [3.8, 4) is 0 Å². The van der Waals surface area contributed by atoms with E-state index in [1.807, 2.05) is 135 Å². The summed E-state index contributed by atoms with van der Waals surface area (Å²) >= 11 is 0. The third-order valence-electron chi connectivity index (χ3n) is 13.0. The number of carbonyl (C=O) groups excluding carboxylic acids is 2. The van der Waals surface area contributed by atoms with E-state index in [0.29, 0.717) is 31.8 Å². The summed E-state index contributed by atoms with van der Waals surface area (Å²) in [6.07, 6.45) is -0.432. The van der Waals surface area contributed by atoms with Gasteiger partial charge in [0.05, 0.1) is 0 Å². The second kappa shape index (κ2) is 19.6. The summed E-state index contributed by atoms with van der Waals surface area (Å²) in [6, 6.07) is 62.3. The molecule has 8 rings (SSSR count). The molecule has 0 saturated carbocycles. The van der Waals surface area contributed by atoms with Gasteiger partial charge in [0.1, 0.15) is 0 Å². The summed E-state index contributed by atoms with van der Waals surface area (Å²) in [5.41, 5.74) is 2.07. The van der Waals surface area contributed by atoms with Crippen LogP contribution in [0.15, 0.2) is 228 Å². The Kier molecular flexibility index (Phi) is 14.0. The van der Waals surface area contributed by atoms with Crippen LogP contribution in [0.2, 0.25) is 0 Å². The summed E-state index contributed by atoms with van der Waals surface area (Å²) in [4.78, 5) is 26.0. The molecule has 0 aliphatic rings. The zero-order valence-electron chi connectivity index (χ0n) is 39.0. The standard InChI is InChI=1S/C56H52O10P2S2/c1-43-25-37-53(38-26-43)69(59,60)65-67(47-17-9-5-10-18-47,48-19-11-6-12-20-48,51-33-29-45(30-34-51)55(57)63-3)41-42-68(49-21-13-7-14-22-49,50-23-15-8-16-24-50,52-35-31-46(32-36-52)56(58)64-4)66-70(61,62)54-39-27-44(2)28-40-54/h5-40H,41-42H2,1-4H3. The molecule has 358 valence electrons. The van der Waals surface area contributed by atoms with Gasteiger partial charge in [-0.1, -0.05) is 0 Å². The van der Waals surface area contributed by atoms with Crippen molar-refractivity contribution in [3.63, 3.8) is 0 Å². The zero-order valence-corrected chi connectivity index (χ0v) is 42.4. The summed E-state index contributed by atoms with van der Waals surface area (Å²) in [6.45, 7) is -6.78. The summed E-state index contributed by atoms with van der Waals surface area (Å²) in [5.74, 6) is -1.22. The Morgan fingerprint density at radius 2 is 0.600 bits per heavy atom. The number of esters is 2. The van der Waals surface area contributed by atoms with E-state index in [-0.39, 0.29) is 33.2 Å². The molecule has 0 aromatic heterocycles. The molecule has 0 N–H and O–H groups in total. The Morgan fingerprint density at radius 3 is 0.843 bits per heavy atom. The first-order valence-electron chi connectivity index (χ1n) is 22.3. The number of hydrogen-bond donors (Lipinski definition) is 0. The predicted molar refractivity (Wildman–Crippen MR) is 282 cm³/mol. The van der Waals surface area contributed by atoms with Gasteiger partial charge < -0.3 is 0 Å². The Hall–Kier alpha value is -6.62. The first kappa shape index (κ1) is 49.8. The van der Waals surface area contributed by atoms with Crippen LogP contribution in [0.3, 0.4) is 0 Å². The van der Waals surface area contributed by atoms with Crippen molar-refractivity contribution >= 4 is 77.7 Å². The van der Waals surface area contributed by atoms with E-state index < -0.39 is 45.8 Å². The molecule has 8 aromatic rings. The Balaban J connectivity index is 1.59. The van der Waals surface area contributed by atoms with Crippen molar-refractivity contribution in [2.45, 2.75) is 23.6 Å². The Morgan fingerprint density at radius 1 is 0.357 bits per heavy atom. The molecule has 14 heteroatoms. The fraction of sp³-hybridized carbons (Fsp3) is 0.107. The van der Waals surface area contributed by atoms with Crippen molar-refractivity contribution < 1.29 is 43.8 Å². The molecule has 0 fully saturated rings. The molecular formula is C56H52O10P2S2. The van der Waals surface area contributed by atoms with E-state index in [1.165, 1.54) is 38.5 Å². The second-order valence-corrected chi connectivity index (χ2v) is 29.8. The number of methoxy groups -OCH3 is 2. The van der Waals surface area contributed by atoms with E-state index >= 15 is 16.8 Å². The fourth-order valence-electron chi connectivity index (χ4n) is 9.35. The number of benzene rings is 8. The maximum absolute atomic E-state index is 15.7. The average molecular weight is 1010 g/mol. The molecule has 0 saturated heterocycles. The Bertz CT molecular complexity index is 3050. The molecule has 0 radical (unpaired) electrons. The van der Waals surface area contributed by atoms with Crippen molar-refractivity contribution in [1.29, 1.82) is 0 Å². The predicted octanol–water partition coefficient (Wildman–Crippen LogP) is 8.88. The topological polar surface area (TPSA) is 139 Å². The van der Waals surface area contributed by atoms with Crippen LogP contribution in [0.5, 0.6) is 0 Å². The van der Waals surface area contributed by atoms with Gasteiger partial charge in [-0.3, -0.25) is 0 Å². The van der Waals surface area contributed by atoms with Crippen molar-refractivity contribution in [2.24, 2.45) is 0 Å². The van der Waals surface area contributed by atoms with Crippen LogP contribution in [0.25, 0.3) is 0 Å². The number of aryl methyl sites for hydroxylation is 2. The molecule has 0 bridgehead atoms. The molecule has 0 aliphatic heterocycles. The van der Waals surface area contributed by atoms with Crippen LogP contribution in [-0.2, 0) is 37.6 Å². The van der Waals surface area contributed by atoms with Crippen LogP contribution in [-0.4, -0.2) is 55.3 Å². The van der Waals surface area contributed by atoms with Crippen LogP contribution < -0.4 is 31.8 Å². The van der Waals surface area contributed by atoms with Crippen molar-refractivity contribution in [1.82, 2.24) is 0 Å². The summed E-state index contributed by atoms with van der Waals surface area (Å²) in [5, 5.41) is 2.77. The van der Waals surface area contributed by atoms with E-state index in [4.69, 9.17) is 17.4 Å². The van der Waals surface area contributed by atoms with E-state index in [9.17, 15) is 9.59 Å². The first-order chi connectivity index (χ1) is 33.6. The van der Waals surface area contributed by atoms with Gasteiger partial charge in [0.2, 0.25) is 0 Å². The summed E-state index contributed by atoms with van der Waals surface area (Å²) in [7, 11) is -7.00. The van der Waals surface area contributed by atoms with Gasteiger partial charge in [0.15, 0.2) is 0 Å². The molecule has 10 nitrogen and oxygen atoms in total. The second-order valence-electron chi connectivity index (χ2n) is 17.0. The maximum atomic E-state index is 15.7. The van der Waals surface area contributed by atoms with Gasteiger partial charge in [0, 0.05) is 0 Å². The number of rotatable bonds is 17. The number of hydrogen-bond acceptors (Lipinski definition) is 10. The molecule has 0 amide bonds. The molecule has 0 heterocycles. The third-order valence-corrected chi connectivity index (χ3v) is 29.7. The van der Waals surface area contributed by atoms with Crippen molar-refractivity contribution in [2.75, 3.05) is 26.5 Å².